The van der Waals surface area contributed by atoms with Gasteiger partial charge in [0.05, 0.1) is 17.2 Å². The standard InChI is InChI=1S/C11H20N4O3S/c1-11(3-6-19(17,18)9-11)12-7-10-8-15(14-13-10)4-2-5-16/h8,12,16H,2-7,9H2,1H3. The Morgan fingerprint density at radius 1 is 1.58 bits per heavy atom. The first kappa shape index (κ1) is 14.4. The third kappa shape index (κ3) is 3.99. The van der Waals surface area contributed by atoms with Gasteiger partial charge >= 0.3 is 0 Å². The Morgan fingerprint density at radius 2 is 2.37 bits per heavy atom. The summed E-state index contributed by atoms with van der Waals surface area (Å²) >= 11 is 0. The summed E-state index contributed by atoms with van der Waals surface area (Å²) in [6, 6.07) is 0. The van der Waals surface area contributed by atoms with E-state index >= 15 is 0 Å². The van der Waals surface area contributed by atoms with E-state index in [0.29, 0.717) is 25.9 Å². The van der Waals surface area contributed by atoms with Crippen LogP contribution >= 0.6 is 0 Å². The van der Waals surface area contributed by atoms with Crippen molar-refractivity contribution in [3.05, 3.63) is 11.9 Å². The Hall–Kier alpha value is -0.990. The second kappa shape index (κ2) is 5.56. The van der Waals surface area contributed by atoms with Crippen molar-refractivity contribution in [1.82, 2.24) is 20.3 Å². The number of aryl methyl sites for hydroxylation is 1. The third-order valence-corrected chi connectivity index (χ3v) is 5.23. The van der Waals surface area contributed by atoms with Crippen LogP contribution in [0.2, 0.25) is 0 Å². The summed E-state index contributed by atoms with van der Waals surface area (Å²) in [4.78, 5) is 0. The molecule has 0 bridgehead atoms. The first-order chi connectivity index (χ1) is 8.92. The van der Waals surface area contributed by atoms with Gasteiger partial charge in [0.25, 0.3) is 0 Å². The summed E-state index contributed by atoms with van der Waals surface area (Å²) in [5.74, 6) is 0.429. The van der Waals surface area contributed by atoms with Crippen molar-refractivity contribution in [3.63, 3.8) is 0 Å². The Balaban J connectivity index is 1.87. The maximum Gasteiger partial charge on any atom is 0.152 e. The molecule has 0 saturated carbocycles. The van der Waals surface area contributed by atoms with E-state index in [1.54, 1.807) is 4.68 Å². The van der Waals surface area contributed by atoms with Crippen molar-refractivity contribution in [3.8, 4) is 0 Å². The van der Waals surface area contributed by atoms with Gasteiger partial charge in [-0.25, -0.2) is 8.42 Å². The normalized spacial score (nSPS) is 25.8. The highest BCUT2D eigenvalue weighted by Crippen LogP contribution is 2.23. The fraction of sp³-hybridized carbons (Fsp3) is 0.818. The van der Waals surface area contributed by atoms with Gasteiger partial charge in [-0.2, -0.15) is 0 Å². The van der Waals surface area contributed by atoms with E-state index in [2.05, 4.69) is 15.6 Å². The van der Waals surface area contributed by atoms with Crippen molar-refractivity contribution in [2.75, 3.05) is 18.1 Å². The summed E-state index contributed by atoms with van der Waals surface area (Å²) in [6.07, 6.45) is 3.09. The molecule has 1 aliphatic rings. The molecule has 1 atom stereocenters. The van der Waals surface area contributed by atoms with Gasteiger partial charge in [-0.15, -0.1) is 5.10 Å². The van der Waals surface area contributed by atoms with Crippen molar-refractivity contribution in [1.29, 1.82) is 0 Å². The fourth-order valence-electron chi connectivity index (χ4n) is 2.22. The highest BCUT2D eigenvalue weighted by molar-refractivity contribution is 7.91. The minimum absolute atomic E-state index is 0.128. The highest BCUT2D eigenvalue weighted by atomic mass is 32.2. The van der Waals surface area contributed by atoms with Crippen LogP contribution in [0, 0.1) is 0 Å². The fourth-order valence-corrected chi connectivity index (χ4v) is 4.34. The van der Waals surface area contributed by atoms with Gasteiger partial charge < -0.3 is 10.4 Å². The molecular formula is C11H20N4O3S. The Labute approximate surface area is 112 Å². The van der Waals surface area contributed by atoms with Crippen LogP contribution < -0.4 is 5.32 Å². The summed E-state index contributed by atoms with van der Waals surface area (Å²) < 4.78 is 24.6. The van der Waals surface area contributed by atoms with Crippen LogP contribution in [0.4, 0.5) is 0 Å². The summed E-state index contributed by atoms with van der Waals surface area (Å²) in [6.45, 7) is 3.19. The predicted octanol–water partition coefficient (Wildman–Crippen LogP) is -0.673. The number of sulfone groups is 1. The molecule has 0 aromatic carbocycles. The number of aliphatic hydroxyl groups excluding tert-OH is 1. The molecule has 1 aliphatic heterocycles. The van der Waals surface area contributed by atoms with E-state index < -0.39 is 9.84 Å². The molecule has 19 heavy (non-hydrogen) atoms. The zero-order valence-electron chi connectivity index (χ0n) is 11.0. The van der Waals surface area contributed by atoms with E-state index in [9.17, 15) is 8.42 Å². The van der Waals surface area contributed by atoms with E-state index in [-0.39, 0.29) is 23.7 Å². The van der Waals surface area contributed by atoms with E-state index in [0.717, 1.165) is 5.69 Å². The summed E-state index contributed by atoms with van der Waals surface area (Å²) in [5, 5.41) is 20.0. The summed E-state index contributed by atoms with van der Waals surface area (Å²) in [5.41, 5.74) is 0.414. The number of hydrogen-bond acceptors (Lipinski definition) is 6. The molecule has 2 rings (SSSR count). The van der Waals surface area contributed by atoms with Crippen LogP contribution in [0.1, 0.15) is 25.5 Å². The second-order valence-electron chi connectivity index (χ2n) is 5.31. The molecule has 0 aliphatic carbocycles. The molecule has 0 amide bonds. The van der Waals surface area contributed by atoms with Crippen molar-refractivity contribution >= 4 is 9.84 Å². The molecule has 8 heteroatoms. The van der Waals surface area contributed by atoms with Crippen LogP contribution in [0.3, 0.4) is 0 Å². The molecule has 1 fully saturated rings. The minimum atomic E-state index is -2.90. The topological polar surface area (TPSA) is 97.1 Å². The molecule has 0 spiro atoms. The number of aromatic nitrogens is 3. The van der Waals surface area contributed by atoms with E-state index in [1.165, 1.54) is 0 Å². The van der Waals surface area contributed by atoms with Gasteiger partial charge in [-0.1, -0.05) is 5.21 Å². The SMILES string of the molecule is CC1(NCc2cn(CCCO)nn2)CCS(=O)(=O)C1. The van der Waals surface area contributed by atoms with Crippen molar-refractivity contribution in [2.24, 2.45) is 0 Å². The maximum absolute atomic E-state index is 11.5. The maximum atomic E-state index is 11.5. The number of nitrogens with one attached hydrogen (secondary N) is 1. The first-order valence-electron chi connectivity index (χ1n) is 6.38. The average molecular weight is 288 g/mol. The number of aliphatic hydroxyl groups is 1. The second-order valence-corrected chi connectivity index (χ2v) is 7.49. The largest absolute Gasteiger partial charge is 0.396 e. The van der Waals surface area contributed by atoms with Crippen LogP contribution in [-0.4, -0.2) is 52.2 Å². The quantitative estimate of drug-likeness (QED) is 0.720. The Morgan fingerprint density at radius 3 is 3.00 bits per heavy atom. The van der Waals surface area contributed by atoms with Gasteiger partial charge in [0, 0.05) is 31.4 Å². The van der Waals surface area contributed by atoms with Crippen LogP contribution in [0.25, 0.3) is 0 Å². The van der Waals surface area contributed by atoms with Crippen LogP contribution in [-0.2, 0) is 22.9 Å². The third-order valence-electron chi connectivity index (χ3n) is 3.33. The predicted molar refractivity (Wildman–Crippen MR) is 70.2 cm³/mol. The van der Waals surface area contributed by atoms with Gasteiger partial charge in [0.2, 0.25) is 0 Å². The molecule has 108 valence electrons. The number of nitrogens with zero attached hydrogens (tertiary/aromatic N) is 3. The Kier molecular flexibility index (Phi) is 4.22. The minimum Gasteiger partial charge on any atom is -0.396 e. The van der Waals surface area contributed by atoms with Gasteiger partial charge in [-0.05, 0) is 19.8 Å². The molecule has 2 heterocycles. The average Bonchev–Trinajstić information content (AvgIpc) is 2.89. The molecule has 1 aromatic heterocycles. The molecule has 1 saturated heterocycles. The monoisotopic (exact) mass is 288 g/mol. The number of rotatable bonds is 6. The van der Waals surface area contributed by atoms with Gasteiger partial charge in [0.15, 0.2) is 9.84 Å². The first-order valence-corrected chi connectivity index (χ1v) is 8.20. The molecule has 2 N–H and O–H groups in total. The molecule has 1 unspecified atom stereocenters. The molecule has 1 aromatic rings. The highest BCUT2D eigenvalue weighted by Gasteiger charge is 2.37. The van der Waals surface area contributed by atoms with Crippen LogP contribution in [0.5, 0.6) is 0 Å². The van der Waals surface area contributed by atoms with Gasteiger partial charge in [0.1, 0.15) is 0 Å². The Bertz CT molecular complexity index is 528. The number of hydrogen-bond donors (Lipinski definition) is 2. The van der Waals surface area contributed by atoms with E-state index in [4.69, 9.17) is 5.11 Å². The van der Waals surface area contributed by atoms with Crippen molar-refractivity contribution < 1.29 is 13.5 Å². The lowest BCUT2D eigenvalue weighted by Crippen LogP contribution is -2.42. The molecule has 0 radical (unpaired) electrons. The van der Waals surface area contributed by atoms with E-state index in [1.807, 2.05) is 13.1 Å². The smallest absolute Gasteiger partial charge is 0.152 e. The lowest BCUT2D eigenvalue weighted by molar-refractivity contribution is 0.276. The summed E-state index contributed by atoms with van der Waals surface area (Å²) in [7, 11) is -2.90. The zero-order valence-corrected chi connectivity index (χ0v) is 11.9. The molecular weight excluding hydrogens is 268 g/mol. The lowest BCUT2D eigenvalue weighted by atomic mass is 10.0. The molecule has 7 nitrogen and oxygen atoms in total. The van der Waals surface area contributed by atoms with Crippen LogP contribution in [0.15, 0.2) is 6.20 Å². The zero-order chi connectivity index (χ0) is 13.9. The van der Waals surface area contributed by atoms with Crippen molar-refractivity contribution in [2.45, 2.75) is 38.4 Å². The lowest BCUT2D eigenvalue weighted by Gasteiger charge is -2.23. The van der Waals surface area contributed by atoms with Gasteiger partial charge in [-0.3, -0.25) is 4.68 Å².